The zero-order valence-corrected chi connectivity index (χ0v) is 12.1. The minimum absolute atomic E-state index is 0.268. The lowest BCUT2D eigenvalue weighted by Gasteiger charge is -2.03. The van der Waals surface area contributed by atoms with Crippen molar-refractivity contribution < 1.29 is 4.39 Å². The van der Waals surface area contributed by atoms with Gasteiger partial charge in [-0.15, -0.1) is 11.3 Å². The molecule has 0 aliphatic heterocycles. The van der Waals surface area contributed by atoms with E-state index in [0.29, 0.717) is 11.0 Å². The van der Waals surface area contributed by atoms with Gasteiger partial charge in [0.2, 0.25) is 0 Å². The van der Waals surface area contributed by atoms with Gasteiger partial charge in [-0.3, -0.25) is 0 Å². The zero-order valence-electron chi connectivity index (χ0n) is 10.5. The topological polar surface area (TPSA) is 25.8 Å². The second kappa shape index (κ2) is 4.50. The first-order valence-electron chi connectivity index (χ1n) is 6.46. The first-order chi connectivity index (χ1) is 9.72. The van der Waals surface area contributed by atoms with Crippen LogP contribution in [-0.4, -0.2) is 9.97 Å². The number of hydrogen-bond acceptors (Lipinski definition) is 3. The van der Waals surface area contributed by atoms with Crippen molar-refractivity contribution in [1.29, 1.82) is 0 Å². The Hall–Kier alpha value is -1.52. The highest BCUT2D eigenvalue weighted by Crippen LogP contribution is 2.40. The van der Waals surface area contributed by atoms with Gasteiger partial charge in [0.1, 0.15) is 15.8 Å². The van der Waals surface area contributed by atoms with Crippen LogP contribution >= 0.6 is 22.9 Å². The largest absolute Gasteiger partial charge is 0.217 e. The first kappa shape index (κ1) is 12.2. The molecule has 1 aliphatic carbocycles. The van der Waals surface area contributed by atoms with E-state index in [4.69, 9.17) is 11.6 Å². The quantitative estimate of drug-likeness (QED) is 0.612. The third-order valence-electron chi connectivity index (χ3n) is 3.62. The number of aryl methyl sites for hydroxylation is 2. The number of thiophene rings is 1. The number of hydrogen-bond donors (Lipinski definition) is 0. The van der Waals surface area contributed by atoms with Gasteiger partial charge >= 0.3 is 0 Å². The fourth-order valence-electron chi connectivity index (χ4n) is 2.68. The Morgan fingerprint density at radius 1 is 1.10 bits per heavy atom. The summed E-state index contributed by atoms with van der Waals surface area (Å²) in [6, 6.07) is 6.17. The lowest BCUT2D eigenvalue weighted by atomic mass is 10.2. The van der Waals surface area contributed by atoms with E-state index in [1.54, 1.807) is 23.5 Å². The van der Waals surface area contributed by atoms with Crippen LogP contribution in [0.3, 0.4) is 0 Å². The predicted octanol–water partition coefficient (Wildman–Crippen LogP) is 4.64. The molecule has 0 saturated carbocycles. The third kappa shape index (κ3) is 1.83. The van der Waals surface area contributed by atoms with Gasteiger partial charge < -0.3 is 0 Å². The third-order valence-corrected chi connectivity index (χ3v) is 5.08. The van der Waals surface area contributed by atoms with Crippen LogP contribution in [0, 0.1) is 5.82 Å². The van der Waals surface area contributed by atoms with Crippen molar-refractivity contribution in [1.82, 2.24) is 9.97 Å². The van der Waals surface area contributed by atoms with Gasteiger partial charge in [-0.25, -0.2) is 14.4 Å². The van der Waals surface area contributed by atoms with E-state index in [0.717, 1.165) is 28.6 Å². The maximum atomic E-state index is 13.0. The van der Waals surface area contributed by atoms with Crippen molar-refractivity contribution in [3.05, 3.63) is 45.7 Å². The number of benzene rings is 1. The van der Waals surface area contributed by atoms with Gasteiger partial charge in [0.05, 0.1) is 5.39 Å². The van der Waals surface area contributed by atoms with Gasteiger partial charge in [0.15, 0.2) is 5.82 Å². The lowest BCUT2D eigenvalue weighted by molar-refractivity contribution is 0.628. The molecule has 5 heteroatoms. The van der Waals surface area contributed by atoms with Crippen LogP contribution in [0.2, 0.25) is 5.15 Å². The standard InChI is InChI=1S/C15H10ClFN2S/c16-13-12-10-2-1-3-11(10)20-15(12)19-14(18-13)8-4-6-9(17)7-5-8/h4-7H,1-3H2. The van der Waals surface area contributed by atoms with Crippen molar-refractivity contribution in [2.24, 2.45) is 0 Å². The van der Waals surface area contributed by atoms with Crippen molar-refractivity contribution in [2.45, 2.75) is 19.3 Å². The molecule has 0 radical (unpaired) electrons. The van der Waals surface area contributed by atoms with Crippen LogP contribution in [0.5, 0.6) is 0 Å². The summed E-state index contributed by atoms with van der Waals surface area (Å²) < 4.78 is 13.0. The lowest BCUT2D eigenvalue weighted by Crippen LogP contribution is -1.91. The minimum Gasteiger partial charge on any atom is -0.217 e. The van der Waals surface area contributed by atoms with Gasteiger partial charge in [0.25, 0.3) is 0 Å². The highest BCUT2D eigenvalue weighted by Gasteiger charge is 2.21. The molecule has 0 spiro atoms. The summed E-state index contributed by atoms with van der Waals surface area (Å²) in [4.78, 5) is 11.3. The van der Waals surface area contributed by atoms with Crippen LogP contribution in [0.25, 0.3) is 21.6 Å². The molecular formula is C15H10ClFN2S. The summed E-state index contributed by atoms with van der Waals surface area (Å²) >= 11 is 8.05. The Balaban J connectivity index is 1.92. The number of rotatable bonds is 1. The molecule has 2 nitrogen and oxygen atoms in total. The molecule has 0 bridgehead atoms. The molecule has 1 aliphatic rings. The number of fused-ring (bicyclic) bond motifs is 3. The van der Waals surface area contributed by atoms with E-state index in [1.807, 2.05) is 0 Å². The molecule has 2 heterocycles. The molecule has 0 atom stereocenters. The average molecular weight is 305 g/mol. The highest BCUT2D eigenvalue weighted by molar-refractivity contribution is 7.19. The normalized spacial score (nSPS) is 13.9. The van der Waals surface area contributed by atoms with Gasteiger partial charge in [-0.2, -0.15) is 0 Å². The minimum atomic E-state index is -0.268. The molecule has 2 aromatic heterocycles. The Morgan fingerprint density at radius 2 is 1.90 bits per heavy atom. The van der Waals surface area contributed by atoms with Crippen LogP contribution in [0.15, 0.2) is 24.3 Å². The number of nitrogens with zero attached hydrogens (tertiary/aromatic N) is 2. The Kier molecular flexibility index (Phi) is 2.75. The molecule has 0 unspecified atom stereocenters. The van der Waals surface area contributed by atoms with Crippen molar-refractivity contribution in [3.8, 4) is 11.4 Å². The van der Waals surface area contributed by atoms with Crippen molar-refractivity contribution in [3.63, 3.8) is 0 Å². The number of halogens is 2. The first-order valence-corrected chi connectivity index (χ1v) is 7.65. The maximum absolute atomic E-state index is 13.0. The predicted molar refractivity (Wildman–Crippen MR) is 79.8 cm³/mol. The molecule has 0 saturated heterocycles. The van der Waals surface area contributed by atoms with Gasteiger partial charge in [-0.1, -0.05) is 11.6 Å². The van der Waals surface area contributed by atoms with Crippen LogP contribution in [-0.2, 0) is 12.8 Å². The Bertz CT molecular complexity index is 811. The van der Waals surface area contributed by atoms with Crippen molar-refractivity contribution >= 4 is 33.2 Å². The SMILES string of the molecule is Fc1ccc(-c2nc(Cl)c3c4c(sc3n2)CCC4)cc1. The van der Waals surface area contributed by atoms with Crippen LogP contribution in [0.4, 0.5) is 4.39 Å². The molecule has 4 rings (SSSR count). The average Bonchev–Trinajstić information content (AvgIpc) is 2.99. The van der Waals surface area contributed by atoms with Crippen molar-refractivity contribution in [2.75, 3.05) is 0 Å². The molecular weight excluding hydrogens is 295 g/mol. The Morgan fingerprint density at radius 3 is 2.70 bits per heavy atom. The fraction of sp³-hybridized carbons (Fsp3) is 0.200. The zero-order chi connectivity index (χ0) is 13.7. The molecule has 0 N–H and O–H groups in total. The molecule has 0 amide bonds. The monoisotopic (exact) mass is 304 g/mol. The number of aromatic nitrogens is 2. The second-order valence-electron chi connectivity index (χ2n) is 4.88. The summed E-state index contributed by atoms with van der Waals surface area (Å²) in [5, 5.41) is 1.52. The second-order valence-corrected chi connectivity index (χ2v) is 6.32. The molecule has 1 aromatic carbocycles. The molecule has 20 heavy (non-hydrogen) atoms. The molecule has 3 aromatic rings. The summed E-state index contributed by atoms with van der Waals surface area (Å²) in [7, 11) is 0. The summed E-state index contributed by atoms with van der Waals surface area (Å²) in [6.45, 7) is 0. The van der Waals surface area contributed by atoms with E-state index in [2.05, 4.69) is 9.97 Å². The molecule has 0 fully saturated rings. The van der Waals surface area contributed by atoms with E-state index in [9.17, 15) is 4.39 Å². The smallest absolute Gasteiger partial charge is 0.162 e. The summed E-state index contributed by atoms with van der Waals surface area (Å²) in [5.41, 5.74) is 2.10. The van der Waals surface area contributed by atoms with Gasteiger partial charge in [0, 0.05) is 10.4 Å². The van der Waals surface area contributed by atoms with E-state index in [1.165, 1.54) is 29.0 Å². The maximum Gasteiger partial charge on any atom is 0.162 e. The highest BCUT2D eigenvalue weighted by atomic mass is 35.5. The summed E-state index contributed by atoms with van der Waals surface area (Å²) in [5.74, 6) is 0.290. The van der Waals surface area contributed by atoms with Gasteiger partial charge in [-0.05, 0) is 49.1 Å². The van der Waals surface area contributed by atoms with E-state index >= 15 is 0 Å². The fourth-order valence-corrected chi connectivity index (χ4v) is 4.28. The molecule has 100 valence electrons. The van der Waals surface area contributed by atoms with Crippen LogP contribution < -0.4 is 0 Å². The van der Waals surface area contributed by atoms with E-state index < -0.39 is 0 Å². The summed E-state index contributed by atoms with van der Waals surface area (Å²) in [6.07, 6.45) is 3.36. The Labute approximate surface area is 124 Å². The van der Waals surface area contributed by atoms with E-state index in [-0.39, 0.29) is 5.82 Å². The van der Waals surface area contributed by atoms with Crippen LogP contribution in [0.1, 0.15) is 16.9 Å².